The van der Waals surface area contributed by atoms with Crippen molar-refractivity contribution in [1.82, 2.24) is 25.0 Å². The Balaban J connectivity index is 1.62. The maximum absolute atomic E-state index is 16.0. The van der Waals surface area contributed by atoms with Crippen molar-refractivity contribution < 1.29 is 23.0 Å². The first-order chi connectivity index (χ1) is 22.2. The molecule has 12 heteroatoms. The van der Waals surface area contributed by atoms with Gasteiger partial charge in [0.05, 0.1) is 41.9 Å². The summed E-state index contributed by atoms with van der Waals surface area (Å²) in [4.78, 5) is 19.4. The number of carbonyl (C=O) groups is 1. The highest BCUT2D eigenvalue weighted by Gasteiger charge is 2.31. The lowest BCUT2D eigenvalue weighted by atomic mass is 9.93. The Morgan fingerprint density at radius 2 is 2.02 bits per heavy atom. The number of ether oxygens (including phenoxy) is 2. The van der Waals surface area contributed by atoms with Gasteiger partial charge in [-0.1, -0.05) is 18.7 Å². The maximum atomic E-state index is 16.0. The van der Waals surface area contributed by atoms with Crippen LogP contribution in [-0.2, 0) is 16.1 Å². The molecule has 4 heterocycles. The van der Waals surface area contributed by atoms with Crippen LogP contribution in [0.2, 0.25) is 0 Å². The van der Waals surface area contributed by atoms with E-state index in [9.17, 15) is 9.18 Å². The van der Waals surface area contributed by atoms with Crippen molar-refractivity contribution in [2.24, 2.45) is 0 Å². The molecule has 0 fully saturated rings. The third kappa shape index (κ3) is 5.54. The molecule has 2 aliphatic rings. The summed E-state index contributed by atoms with van der Waals surface area (Å²) >= 11 is 1.39. The van der Waals surface area contributed by atoms with Gasteiger partial charge in [-0.05, 0) is 36.6 Å². The summed E-state index contributed by atoms with van der Waals surface area (Å²) in [5.74, 6) is -1.75. The Hall–Kier alpha value is -4.94. The smallest absolute Gasteiger partial charge is 0.246 e. The molecule has 9 nitrogen and oxygen atoms in total. The first-order valence-corrected chi connectivity index (χ1v) is 15.5. The second-order valence-corrected chi connectivity index (χ2v) is 11.7. The molecule has 0 saturated carbocycles. The molecule has 1 amide bonds. The van der Waals surface area contributed by atoms with Gasteiger partial charge < -0.3 is 25.1 Å². The van der Waals surface area contributed by atoms with E-state index in [-0.39, 0.29) is 36.5 Å². The van der Waals surface area contributed by atoms with E-state index in [2.05, 4.69) is 11.9 Å². The van der Waals surface area contributed by atoms with Gasteiger partial charge in [0.25, 0.3) is 0 Å². The van der Waals surface area contributed by atoms with Gasteiger partial charge in [0.1, 0.15) is 35.4 Å². The number of aromatic nitrogens is 3. The number of allylic oxidation sites excluding steroid dienone is 5. The second-order valence-electron chi connectivity index (χ2n) is 10.8. The molecule has 4 aromatic rings. The molecule has 1 aliphatic heterocycles. The zero-order chi connectivity index (χ0) is 32.5. The molecule has 3 aromatic heterocycles. The van der Waals surface area contributed by atoms with Gasteiger partial charge >= 0.3 is 0 Å². The summed E-state index contributed by atoms with van der Waals surface area (Å²) in [7, 11) is 3.29. The predicted octanol–water partition coefficient (Wildman–Crippen LogP) is 6.30. The van der Waals surface area contributed by atoms with E-state index < -0.39 is 11.6 Å². The first-order valence-electron chi connectivity index (χ1n) is 14.7. The van der Waals surface area contributed by atoms with E-state index >= 15 is 4.39 Å². The van der Waals surface area contributed by atoms with Crippen LogP contribution in [0.4, 0.5) is 8.78 Å². The van der Waals surface area contributed by atoms with Crippen molar-refractivity contribution in [3.63, 3.8) is 0 Å². The van der Waals surface area contributed by atoms with Gasteiger partial charge in [-0.2, -0.15) is 5.10 Å². The number of hydrogen-bond acceptors (Lipinski definition) is 8. The zero-order valence-electron chi connectivity index (χ0n) is 25.6. The first kappa shape index (κ1) is 31.1. The highest BCUT2D eigenvalue weighted by Crippen LogP contribution is 2.47. The van der Waals surface area contributed by atoms with Crippen LogP contribution in [0.5, 0.6) is 5.75 Å². The van der Waals surface area contributed by atoms with Gasteiger partial charge in [-0.25, -0.2) is 13.8 Å². The van der Waals surface area contributed by atoms with Gasteiger partial charge in [0.15, 0.2) is 0 Å². The average molecular weight is 643 g/mol. The van der Waals surface area contributed by atoms with E-state index in [1.54, 1.807) is 24.2 Å². The highest BCUT2D eigenvalue weighted by atomic mass is 32.1. The Morgan fingerprint density at radius 3 is 2.76 bits per heavy atom. The molecule has 0 radical (unpaired) electrons. The third-order valence-electron chi connectivity index (χ3n) is 8.01. The van der Waals surface area contributed by atoms with E-state index in [1.807, 2.05) is 41.3 Å². The van der Waals surface area contributed by atoms with Gasteiger partial charge in [0, 0.05) is 65.8 Å². The van der Waals surface area contributed by atoms with Crippen molar-refractivity contribution in [3.05, 3.63) is 95.3 Å². The molecule has 1 aromatic carbocycles. The molecule has 0 saturated heterocycles. The summed E-state index contributed by atoms with van der Waals surface area (Å²) in [5.41, 5.74) is 4.38. The maximum Gasteiger partial charge on any atom is 0.246 e. The summed E-state index contributed by atoms with van der Waals surface area (Å²) in [6, 6.07) is 5.45. The largest absolute Gasteiger partial charge is 0.490 e. The minimum atomic E-state index is -0.807. The van der Waals surface area contributed by atoms with Crippen molar-refractivity contribution >= 4 is 38.6 Å². The number of carbonyl (C=O) groups excluding carboxylic acids is 1. The SMILES string of the molecule is C=CC(=O)N1CCn2nc(-c3nc(C4=CC(=N)/C(=C\NC)C=C4)c4ccsc4c3-c3c(F)cc(F)cc3OCCOC)cc2C1C. The van der Waals surface area contributed by atoms with Crippen LogP contribution in [0, 0.1) is 17.0 Å². The van der Waals surface area contributed by atoms with E-state index in [0.29, 0.717) is 57.3 Å². The Kier molecular flexibility index (Phi) is 8.65. The summed E-state index contributed by atoms with van der Waals surface area (Å²) < 4.78 is 44.1. The lowest BCUT2D eigenvalue weighted by Crippen LogP contribution is -2.40. The van der Waals surface area contributed by atoms with Crippen molar-refractivity contribution in [2.75, 3.05) is 33.9 Å². The van der Waals surface area contributed by atoms with Crippen molar-refractivity contribution in [1.29, 1.82) is 5.41 Å². The molecular weight excluding hydrogens is 610 g/mol. The minimum absolute atomic E-state index is 0.0144. The van der Waals surface area contributed by atoms with Crippen LogP contribution in [0.3, 0.4) is 0 Å². The standard InChI is InChI=1S/C34H32F2N6O3S/c1-5-29(43)41-9-10-42-27(19(41)2)17-26(40-42)33-31(30-24(36)15-22(35)16-28(30)45-12-11-44-4)34-23(8-13-46-34)32(39-33)20-6-7-21(18-38-3)25(37)14-20/h5-8,13-19,37-38H,1,9-12H2,2-4H3/b21-18-,37-25?. The number of methoxy groups -OCH3 is 1. The van der Waals surface area contributed by atoms with Crippen LogP contribution in [0.25, 0.3) is 38.2 Å². The lowest BCUT2D eigenvalue weighted by Gasteiger charge is -2.33. The molecule has 2 N–H and O–H groups in total. The third-order valence-corrected chi connectivity index (χ3v) is 8.94. The molecule has 6 rings (SSSR count). The van der Waals surface area contributed by atoms with Crippen LogP contribution >= 0.6 is 11.3 Å². The monoisotopic (exact) mass is 642 g/mol. The number of amides is 1. The number of fused-ring (bicyclic) bond motifs is 2. The lowest BCUT2D eigenvalue weighted by molar-refractivity contribution is -0.129. The summed E-state index contributed by atoms with van der Waals surface area (Å²) in [6.45, 7) is 6.74. The molecule has 46 heavy (non-hydrogen) atoms. The van der Waals surface area contributed by atoms with E-state index in [4.69, 9.17) is 25.0 Å². The number of halogens is 2. The Labute approximate surface area is 268 Å². The van der Waals surface area contributed by atoms with Crippen LogP contribution in [0.1, 0.15) is 24.4 Å². The summed E-state index contributed by atoms with van der Waals surface area (Å²) in [6.07, 6.45) is 8.51. The zero-order valence-corrected chi connectivity index (χ0v) is 26.4. The van der Waals surface area contributed by atoms with Gasteiger partial charge in [-0.15, -0.1) is 11.3 Å². The fraction of sp³-hybridized carbons (Fsp3) is 0.235. The molecule has 1 unspecified atom stereocenters. The van der Waals surface area contributed by atoms with E-state index in [0.717, 1.165) is 23.2 Å². The molecule has 1 atom stereocenters. The number of thiophene rings is 1. The molecule has 236 valence electrons. The van der Waals surface area contributed by atoms with Gasteiger partial charge in [-0.3, -0.25) is 9.48 Å². The van der Waals surface area contributed by atoms with Gasteiger partial charge in [0.2, 0.25) is 5.91 Å². The molecule has 0 bridgehead atoms. The number of pyridine rings is 1. The van der Waals surface area contributed by atoms with Crippen LogP contribution in [0.15, 0.2) is 72.3 Å². The number of nitrogens with one attached hydrogen (secondary N) is 2. The average Bonchev–Trinajstić information content (AvgIpc) is 3.70. The second kappa shape index (κ2) is 12.8. The van der Waals surface area contributed by atoms with Crippen LogP contribution < -0.4 is 10.1 Å². The molecular formula is C34H32F2N6O3S. The topological polar surface area (TPSA) is 105 Å². The van der Waals surface area contributed by atoms with Crippen molar-refractivity contribution in [3.8, 4) is 28.3 Å². The molecule has 1 aliphatic carbocycles. The van der Waals surface area contributed by atoms with E-state index in [1.165, 1.54) is 24.5 Å². The normalized spacial score (nSPS) is 16.9. The molecule has 0 spiro atoms. The summed E-state index contributed by atoms with van der Waals surface area (Å²) in [5, 5.41) is 19.1. The fourth-order valence-electron chi connectivity index (χ4n) is 5.82. The number of benzene rings is 1. The Bertz CT molecular complexity index is 1970. The minimum Gasteiger partial charge on any atom is -0.490 e. The number of nitrogens with zero attached hydrogens (tertiary/aromatic N) is 4. The number of rotatable bonds is 9. The predicted molar refractivity (Wildman–Crippen MR) is 176 cm³/mol. The van der Waals surface area contributed by atoms with Crippen LogP contribution in [-0.4, -0.2) is 65.2 Å². The highest BCUT2D eigenvalue weighted by molar-refractivity contribution is 7.17. The number of hydrogen-bond donors (Lipinski definition) is 2. The fourth-order valence-corrected chi connectivity index (χ4v) is 6.77. The van der Waals surface area contributed by atoms with Crippen molar-refractivity contribution in [2.45, 2.75) is 19.5 Å². The Morgan fingerprint density at radius 1 is 1.20 bits per heavy atom. The quantitative estimate of drug-likeness (QED) is 0.164.